The van der Waals surface area contributed by atoms with Gasteiger partial charge < -0.3 is 10.4 Å². The minimum atomic E-state index is -0.840. The molecule has 0 aliphatic carbocycles. The second kappa shape index (κ2) is 6.85. The van der Waals surface area contributed by atoms with Crippen LogP contribution in [0, 0.1) is 0 Å². The van der Waals surface area contributed by atoms with E-state index in [1.54, 1.807) is 13.0 Å². The highest BCUT2D eigenvalue weighted by molar-refractivity contribution is 5.85. The topological polar surface area (TPSA) is 49.3 Å². The van der Waals surface area contributed by atoms with E-state index in [0.717, 1.165) is 19.4 Å². The summed E-state index contributed by atoms with van der Waals surface area (Å²) in [4.78, 5) is 10.3. The SMILES string of the molecule is CCCCNC/C=C(/C)C(=O)O. The number of carboxylic acids is 1. The fourth-order valence-electron chi connectivity index (χ4n) is 0.716. The fourth-order valence-corrected chi connectivity index (χ4v) is 0.716. The normalized spacial score (nSPS) is 11.7. The molecule has 0 aliphatic rings. The zero-order valence-electron chi connectivity index (χ0n) is 7.76. The first-order valence-electron chi connectivity index (χ1n) is 4.29. The summed E-state index contributed by atoms with van der Waals surface area (Å²) in [5.41, 5.74) is 0.402. The number of carbonyl (C=O) groups is 1. The lowest BCUT2D eigenvalue weighted by Crippen LogP contribution is -2.15. The van der Waals surface area contributed by atoms with Crippen molar-refractivity contribution in [1.29, 1.82) is 0 Å². The van der Waals surface area contributed by atoms with Crippen LogP contribution in [0.25, 0.3) is 0 Å². The molecule has 12 heavy (non-hydrogen) atoms. The summed E-state index contributed by atoms with van der Waals surface area (Å²) in [6.45, 7) is 5.34. The van der Waals surface area contributed by atoms with Crippen LogP contribution in [-0.2, 0) is 4.79 Å². The van der Waals surface area contributed by atoms with Crippen molar-refractivity contribution < 1.29 is 9.90 Å². The third-order valence-corrected chi connectivity index (χ3v) is 1.60. The highest BCUT2D eigenvalue weighted by Gasteiger charge is 1.96. The molecule has 0 aromatic heterocycles. The summed E-state index contributed by atoms with van der Waals surface area (Å²) in [7, 11) is 0. The molecule has 2 N–H and O–H groups in total. The van der Waals surface area contributed by atoms with Crippen molar-refractivity contribution in [2.45, 2.75) is 26.7 Å². The third-order valence-electron chi connectivity index (χ3n) is 1.60. The van der Waals surface area contributed by atoms with Crippen molar-refractivity contribution in [1.82, 2.24) is 5.32 Å². The molecule has 3 nitrogen and oxygen atoms in total. The maximum atomic E-state index is 10.3. The summed E-state index contributed by atoms with van der Waals surface area (Å²) in [6, 6.07) is 0. The van der Waals surface area contributed by atoms with E-state index >= 15 is 0 Å². The van der Waals surface area contributed by atoms with Gasteiger partial charge in [-0.1, -0.05) is 19.4 Å². The number of carboxylic acid groups (broad SMARTS) is 1. The molecule has 0 amide bonds. The molecule has 0 aromatic rings. The second-order valence-electron chi connectivity index (χ2n) is 2.75. The predicted octanol–water partition coefficient (Wildman–Crippen LogP) is 1.41. The van der Waals surface area contributed by atoms with Crippen molar-refractivity contribution in [2.75, 3.05) is 13.1 Å². The van der Waals surface area contributed by atoms with Crippen LogP contribution >= 0.6 is 0 Å². The van der Waals surface area contributed by atoms with Gasteiger partial charge in [-0.3, -0.25) is 0 Å². The van der Waals surface area contributed by atoms with Gasteiger partial charge in [-0.25, -0.2) is 4.79 Å². The molecule has 0 heterocycles. The first-order chi connectivity index (χ1) is 5.68. The summed E-state index contributed by atoms with van der Waals surface area (Å²) >= 11 is 0. The molecule has 0 atom stereocenters. The van der Waals surface area contributed by atoms with Gasteiger partial charge in [0, 0.05) is 12.1 Å². The standard InChI is InChI=1S/C9H17NO2/c1-3-4-6-10-7-5-8(2)9(11)12/h5,10H,3-4,6-7H2,1-2H3,(H,11,12)/b8-5-. The van der Waals surface area contributed by atoms with E-state index in [0.29, 0.717) is 12.1 Å². The van der Waals surface area contributed by atoms with E-state index in [-0.39, 0.29) is 0 Å². The van der Waals surface area contributed by atoms with Crippen LogP contribution in [0.2, 0.25) is 0 Å². The highest BCUT2D eigenvalue weighted by atomic mass is 16.4. The largest absolute Gasteiger partial charge is 0.478 e. The molecule has 0 saturated heterocycles. The van der Waals surface area contributed by atoms with E-state index in [1.807, 2.05) is 0 Å². The number of unbranched alkanes of at least 4 members (excludes halogenated alkanes) is 1. The monoisotopic (exact) mass is 171 g/mol. The number of hydrogen-bond acceptors (Lipinski definition) is 2. The number of rotatable bonds is 6. The Morgan fingerprint density at radius 2 is 2.25 bits per heavy atom. The van der Waals surface area contributed by atoms with Gasteiger partial charge in [-0.2, -0.15) is 0 Å². The average molecular weight is 171 g/mol. The molecule has 0 aliphatic heterocycles. The molecule has 0 spiro atoms. The number of nitrogens with one attached hydrogen (secondary N) is 1. The Balaban J connectivity index is 3.40. The Kier molecular flexibility index (Phi) is 6.38. The van der Waals surface area contributed by atoms with Gasteiger partial charge in [0.25, 0.3) is 0 Å². The average Bonchev–Trinajstić information content (AvgIpc) is 2.03. The Hall–Kier alpha value is -0.830. The maximum absolute atomic E-state index is 10.3. The molecule has 0 saturated carbocycles. The van der Waals surface area contributed by atoms with E-state index < -0.39 is 5.97 Å². The van der Waals surface area contributed by atoms with Gasteiger partial charge in [0.1, 0.15) is 0 Å². The summed E-state index contributed by atoms with van der Waals surface area (Å²) in [6.07, 6.45) is 3.99. The summed E-state index contributed by atoms with van der Waals surface area (Å²) < 4.78 is 0. The van der Waals surface area contributed by atoms with Crippen molar-refractivity contribution >= 4 is 5.97 Å². The van der Waals surface area contributed by atoms with Crippen molar-refractivity contribution in [3.8, 4) is 0 Å². The van der Waals surface area contributed by atoms with Gasteiger partial charge in [-0.05, 0) is 19.9 Å². The Bertz CT molecular complexity index is 164. The van der Waals surface area contributed by atoms with Crippen molar-refractivity contribution in [2.24, 2.45) is 0 Å². The summed E-state index contributed by atoms with van der Waals surface area (Å²) in [5, 5.41) is 11.6. The van der Waals surface area contributed by atoms with Gasteiger partial charge >= 0.3 is 5.97 Å². The smallest absolute Gasteiger partial charge is 0.330 e. The van der Waals surface area contributed by atoms with Crippen molar-refractivity contribution in [3.63, 3.8) is 0 Å². The van der Waals surface area contributed by atoms with E-state index in [9.17, 15) is 4.79 Å². The fraction of sp³-hybridized carbons (Fsp3) is 0.667. The molecule has 0 aromatic carbocycles. The van der Waals surface area contributed by atoms with Crippen LogP contribution < -0.4 is 5.32 Å². The maximum Gasteiger partial charge on any atom is 0.330 e. The van der Waals surface area contributed by atoms with Crippen LogP contribution in [0.5, 0.6) is 0 Å². The quantitative estimate of drug-likeness (QED) is 0.469. The van der Waals surface area contributed by atoms with Gasteiger partial charge in [0.2, 0.25) is 0 Å². The molecule has 0 radical (unpaired) electrons. The van der Waals surface area contributed by atoms with Crippen LogP contribution in [-0.4, -0.2) is 24.2 Å². The van der Waals surface area contributed by atoms with Gasteiger partial charge in [0.15, 0.2) is 0 Å². The van der Waals surface area contributed by atoms with E-state index in [2.05, 4.69) is 12.2 Å². The molecular formula is C9H17NO2. The lowest BCUT2D eigenvalue weighted by atomic mass is 10.3. The summed E-state index contributed by atoms with van der Waals surface area (Å²) in [5.74, 6) is -0.840. The Morgan fingerprint density at radius 1 is 1.58 bits per heavy atom. The molecule has 0 fully saturated rings. The zero-order valence-corrected chi connectivity index (χ0v) is 7.76. The van der Waals surface area contributed by atoms with Crippen LogP contribution in [0.15, 0.2) is 11.6 Å². The molecular weight excluding hydrogens is 154 g/mol. The Morgan fingerprint density at radius 3 is 2.75 bits per heavy atom. The zero-order chi connectivity index (χ0) is 9.40. The highest BCUT2D eigenvalue weighted by Crippen LogP contribution is 1.90. The first kappa shape index (κ1) is 11.2. The van der Waals surface area contributed by atoms with E-state index in [1.165, 1.54) is 0 Å². The van der Waals surface area contributed by atoms with Gasteiger partial charge in [-0.15, -0.1) is 0 Å². The molecule has 0 unspecified atom stereocenters. The molecule has 70 valence electrons. The Labute approximate surface area is 73.5 Å². The van der Waals surface area contributed by atoms with Crippen LogP contribution in [0.1, 0.15) is 26.7 Å². The minimum absolute atomic E-state index is 0.402. The molecule has 0 rings (SSSR count). The minimum Gasteiger partial charge on any atom is -0.478 e. The lowest BCUT2D eigenvalue weighted by Gasteiger charge is -1.99. The number of aliphatic carboxylic acids is 1. The molecule has 3 heteroatoms. The van der Waals surface area contributed by atoms with Crippen molar-refractivity contribution in [3.05, 3.63) is 11.6 Å². The number of hydrogen-bond donors (Lipinski definition) is 2. The first-order valence-corrected chi connectivity index (χ1v) is 4.29. The van der Waals surface area contributed by atoms with Gasteiger partial charge in [0.05, 0.1) is 0 Å². The van der Waals surface area contributed by atoms with E-state index in [4.69, 9.17) is 5.11 Å². The predicted molar refractivity (Wildman–Crippen MR) is 49.2 cm³/mol. The lowest BCUT2D eigenvalue weighted by molar-refractivity contribution is -0.132. The van der Waals surface area contributed by atoms with Crippen LogP contribution in [0.4, 0.5) is 0 Å². The second-order valence-corrected chi connectivity index (χ2v) is 2.75. The molecule has 0 bridgehead atoms. The third kappa shape index (κ3) is 5.92. The van der Waals surface area contributed by atoms with Crippen LogP contribution in [0.3, 0.4) is 0 Å².